The fourth-order valence-electron chi connectivity index (χ4n) is 3.06. The van der Waals surface area contributed by atoms with Crippen molar-refractivity contribution in [2.75, 3.05) is 16.8 Å². The third kappa shape index (κ3) is 3.13. The first-order valence-electron chi connectivity index (χ1n) is 8.20. The van der Waals surface area contributed by atoms with Crippen molar-refractivity contribution in [1.82, 2.24) is 4.98 Å². The van der Waals surface area contributed by atoms with Gasteiger partial charge in [0.05, 0.1) is 5.02 Å². The van der Waals surface area contributed by atoms with Gasteiger partial charge in [-0.25, -0.2) is 9.37 Å². The van der Waals surface area contributed by atoms with E-state index in [4.69, 9.17) is 11.6 Å². The Morgan fingerprint density at radius 3 is 2.85 bits per heavy atom. The second-order valence-electron chi connectivity index (χ2n) is 6.02. The van der Waals surface area contributed by atoms with Crippen LogP contribution < -0.4 is 10.2 Å². The molecule has 4 nitrogen and oxygen atoms in total. The van der Waals surface area contributed by atoms with Gasteiger partial charge in [-0.1, -0.05) is 29.8 Å². The fourth-order valence-corrected chi connectivity index (χ4v) is 3.24. The van der Waals surface area contributed by atoms with Gasteiger partial charge in [0.25, 0.3) is 5.91 Å². The summed E-state index contributed by atoms with van der Waals surface area (Å²) in [4.78, 5) is 19.0. The van der Waals surface area contributed by atoms with E-state index in [-0.39, 0.29) is 10.9 Å². The molecule has 0 unspecified atom stereocenters. The Morgan fingerprint density at radius 2 is 2.00 bits per heavy atom. The minimum Gasteiger partial charge on any atom is -0.326 e. The predicted octanol–water partition coefficient (Wildman–Crippen LogP) is 4.82. The number of para-hydroxylation sites is 1. The molecule has 3 aromatic rings. The molecule has 1 aliphatic heterocycles. The van der Waals surface area contributed by atoms with Crippen molar-refractivity contribution >= 4 is 34.7 Å². The van der Waals surface area contributed by atoms with Crippen LogP contribution in [0.3, 0.4) is 0 Å². The van der Waals surface area contributed by atoms with Crippen LogP contribution in [0.1, 0.15) is 15.9 Å². The molecule has 0 bridgehead atoms. The second kappa shape index (κ2) is 6.77. The number of pyridine rings is 1. The molecular weight excluding hydrogens is 353 g/mol. The first kappa shape index (κ1) is 16.5. The van der Waals surface area contributed by atoms with E-state index in [2.05, 4.69) is 27.3 Å². The first-order chi connectivity index (χ1) is 12.6. The highest BCUT2D eigenvalue weighted by Crippen LogP contribution is 2.33. The van der Waals surface area contributed by atoms with Gasteiger partial charge in [0, 0.05) is 29.7 Å². The molecule has 0 radical (unpaired) electrons. The summed E-state index contributed by atoms with van der Waals surface area (Å²) in [5.41, 5.74) is 3.29. The highest BCUT2D eigenvalue weighted by molar-refractivity contribution is 6.31. The molecule has 2 aromatic carbocycles. The molecule has 1 N–H and O–H groups in total. The molecule has 0 aliphatic carbocycles. The largest absolute Gasteiger partial charge is 0.326 e. The van der Waals surface area contributed by atoms with Gasteiger partial charge in [0.1, 0.15) is 11.6 Å². The lowest BCUT2D eigenvalue weighted by Crippen LogP contribution is -2.17. The van der Waals surface area contributed by atoms with Gasteiger partial charge in [-0.15, -0.1) is 0 Å². The minimum atomic E-state index is -0.524. The lowest BCUT2D eigenvalue weighted by atomic mass is 10.2. The summed E-state index contributed by atoms with van der Waals surface area (Å²) >= 11 is 5.76. The van der Waals surface area contributed by atoms with Crippen molar-refractivity contribution in [2.45, 2.75) is 6.42 Å². The average molecular weight is 368 g/mol. The van der Waals surface area contributed by atoms with Crippen molar-refractivity contribution < 1.29 is 9.18 Å². The maximum absolute atomic E-state index is 13.2. The summed E-state index contributed by atoms with van der Waals surface area (Å²) in [6.07, 6.45) is 2.56. The van der Waals surface area contributed by atoms with Gasteiger partial charge in [-0.2, -0.15) is 0 Å². The summed E-state index contributed by atoms with van der Waals surface area (Å²) in [7, 11) is 0. The summed E-state index contributed by atoms with van der Waals surface area (Å²) in [6, 6.07) is 15.6. The lowest BCUT2D eigenvalue weighted by Gasteiger charge is -2.18. The molecule has 2 heterocycles. The summed E-state index contributed by atoms with van der Waals surface area (Å²) in [5.74, 6) is -0.105. The number of hydrogen-bond donors (Lipinski definition) is 1. The molecule has 0 fully saturated rings. The zero-order valence-corrected chi connectivity index (χ0v) is 14.5. The Bertz CT molecular complexity index is 992. The molecule has 6 heteroatoms. The number of carbonyl (C=O) groups excluding carboxylic acids is 1. The first-order valence-corrected chi connectivity index (χ1v) is 8.57. The molecule has 0 spiro atoms. The molecule has 1 aromatic heterocycles. The minimum absolute atomic E-state index is 0.0353. The number of aromatic nitrogens is 1. The topological polar surface area (TPSA) is 45.2 Å². The van der Waals surface area contributed by atoms with E-state index in [1.54, 1.807) is 18.3 Å². The van der Waals surface area contributed by atoms with Gasteiger partial charge < -0.3 is 10.2 Å². The Morgan fingerprint density at radius 1 is 1.15 bits per heavy atom. The van der Waals surface area contributed by atoms with Crippen LogP contribution in [0.15, 0.2) is 60.8 Å². The van der Waals surface area contributed by atoms with E-state index in [0.29, 0.717) is 11.3 Å². The van der Waals surface area contributed by atoms with Crippen LogP contribution in [-0.2, 0) is 6.42 Å². The monoisotopic (exact) mass is 367 g/mol. The van der Waals surface area contributed by atoms with Crippen LogP contribution >= 0.6 is 11.6 Å². The predicted molar refractivity (Wildman–Crippen MR) is 101 cm³/mol. The second-order valence-corrected chi connectivity index (χ2v) is 6.42. The van der Waals surface area contributed by atoms with Crippen molar-refractivity contribution in [3.8, 4) is 0 Å². The average Bonchev–Trinajstić information content (AvgIpc) is 3.09. The van der Waals surface area contributed by atoms with Gasteiger partial charge in [-0.3, -0.25) is 4.79 Å². The molecule has 0 saturated heterocycles. The van der Waals surface area contributed by atoms with Gasteiger partial charge in [0.2, 0.25) is 0 Å². The van der Waals surface area contributed by atoms with E-state index in [1.165, 1.54) is 23.8 Å². The Balaban J connectivity index is 1.58. The van der Waals surface area contributed by atoms with E-state index in [0.717, 1.165) is 24.5 Å². The molecule has 1 aliphatic rings. The Labute approximate surface area is 155 Å². The molecule has 1 amide bonds. The number of rotatable bonds is 3. The van der Waals surface area contributed by atoms with E-state index >= 15 is 0 Å². The van der Waals surface area contributed by atoms with Crippen LogP contribution in [0.25, 0.3) is 0 Å². The van der Waals surface area contributed by atoms with E-state index < -0.39 is 5.82 Å². The summed E-state index contributed by atoms with van der Waals surface area (Å²) in [5, 5.41) is 2.69. The molecule has 4 rings (SSSR count). The van der Waals surface area contributed by atoms with E-state index in [1.807, 2.05) is 12.1 Å². The number of benzene rings is 2. The maximum Gasteiger partial charge on any atom is 0.255 e. The Kier molecular flexibility index (Phi) is 4.31. The standard InChI is InChI=1S/C20H15ClFN3O/c21-16-12-15(5-6-17(16)22)24-20(26)14-7-9-23-19(11-14)25-10-8-13-3-1-2-4-18(13)25/h1-7,9,11-12H,8,10H2,(H,24,26). The zero-order valence-electron chi connectivity index (χ0n) is 13.7. The number of fused-ring (bicyclic) bond motifs is 1. The summed E-state index contributed by atoms with van der Waals surface area (Å²) in [6.45, 7) is 0.824. The quantitative estimate of drug-likeness (QED) is 0.721. The van der Waals surface area contributed by atoms with Gasteiger partial charge in [-0.05, 0) is 48.4 Å². The summed E-state index contributed by atoms with van der Waals surface area (Å²) < 4.78 is 13.2. The van der Waals surface area contributed by atoms with Crippen molar-refractivity contribution in [3.63, 3.8) is 0 Å². The number of anilines is 3. The third-order valence-corrected chi connectivity index (χ3v) is 4.64. The van der Waals surface area contributed by atoms with E-state index in [9.17, 15) is 9.18 Å². The zero-order chi connectivity index (χ0) is 18.1. The van der Waals surface area contributed by atoms with Crippen LogP contribution in [0.4, 0.5) is 21.6 Å². The highest BCUT2D eigenvalue weighted by atomic mass is 35.5. The van der Waals surface area contributed by atoms with Crippen LogP contribution in [0.2, 0.25) is 5.02 Å². The lowest BCUT2D eigenvalue weighted by molar-refractivity contribution is 0.102. The number of nitrogens with zero attached hydrogens (tertiary/aromatic N) is 2. The molecule has 130 valence electrons. The number of amides is 1. The SMILES string of the molecule is O=C(Nc1ccc(F)c(Cl)c1)c1ccnc(N2CCc3ccccc32)c1. The van der Waals surface area contributed by atoms with Gasteiger partial charge >= 0.3 is 0 Å². The molecular formula is C20H15ClFN3O. The van der Waals surface area contributed by atoms with Crippen LogP contribution in [0, 0.1) is 5.82 Å². The molecule has 26 heavy (non-hydrogen) atoms. The van der Waals surface area contributed by atoms with Crippen molar-refractivity contribution in [1.29, 1.82) is 0 Å². The normalized spacial score (nSPS) is 12.8. The smallest absolute Gasteiger partial charge is 0.255 e. The van der Waals surface area contributed by atoms with Gasteiger partial charge in [0.15, 0.2) is 0 Å². The molecule has 0 saturated carbocycles. The number of carbonyl (C=O) groups is 1. The number of nitrogens with one attached hydrogen (secondary N) is 1. The van der Waals surface area contributed by atoms with Crippen LogP contribution in [-0.4, -0.2) is 17.4 Å². The van der Waals surface area contributed by atoms with Crippen molar-refractivity contribution in [2.24, 2.45) is 0 Å². The highest BCUT2D eigenvalue weighted by Gasteiger charge is 2.21. The maximum atomic E-state index is 13.2. The number of halogens is 2. The fraction of sp³-hybridized carbons (Fsp3) is 0.100. The third-order valence-electron chi connectivity index (χ3n) is 4.35. The van der Waals surface area contributed by atoms with Crippen molar-refractivity contribution in [3.05, 3.63) is 82.8 Å². The molecule has 0 atom stereocenters. The van der Waals surface area contributed by atoms with Crippen LogP contribution in [0.5, 0.6) is 0 Å². The number of hydrogen-bond acceptors (Lipinski definition) is 3. The Hall–Kier alpha value is -2.92.